The number of fused-ring (bicyclic) bond motifs is 1. The fourth-order valence-electron chi connectivity index (χ4n) is 2.52. The van der Waals surface area contributed by atoms with Gasteiger partial charge in [0.2, 0.25) is 0 Å². The van der Waals surface area contributed by atoms with Crippen molar-refractivity contribution in [2.24, 2.45) is 0 Å². The van der Waals surface area contributed by atoms with E-state index >= 15 is 0 Å². The van der Waals surface area contributed by atoms with Crippen LogP contribution in [-0.4, -0.2) is 29.4 Å². The summed E-state index contributed by atoms with van der Waals surface area (Å²) in [6.45, 7) is 0. The van der Waals surface area contributed by atoms with Crippen LogP contribution in [0.25, 0.3) is 6.08 Å². The number of aromatic nitrogens is 3. The van der Waals surface area contributed by atoms with Crippen LogP contribution in [-0.2, 0) is 16.3 Å². The lowest BCUT2D eigenvalue weighted by molar-refractivity contribution is 0.0992. The van der Waals surface area contributed by atoms with Crippen molar-refractivity contribution in [3.63, 3.8) is 0 Å². The van der Waals surface area contributed by atoms with Crippen molar-refractivity contribution in [3.05, 3.63) is 62.2 Å². The van der Waals surface area contributed by atoms with Gasteiger partial charge in [0.05, 0.1) is 19.8 Å². The standard InChI is InChI=1S/C17H9Cl2N3O3S3/c18-11-7-20-8-12(19)15(11)26-17-22-21-16(27-17)13(23)5-9-1-2-10-3-4-28(24,25)14(10)6-9/h1-4,6-8H,5H2. The Balaban J connectivity index is 1.52. The van der Waals surface area contributed by atoms with Crippen molar-refractivity contribution >= 4 is 68.0 Å². The van der Waals surface area contributed by atoms with Gasteiger partial charge in [-0.15, -0.1) is 10.2 Å². The van der Waals surface area contributed by atoms with E-state index in [4.69, 9.17) is 23.2 Å². The number of nitrogens with zero attached hydrogens (tertiary/aromatic N) is 3. The van der Waals surface area contributed by atoms with Gasteiger partial charge in [-0.2, -0.15) is 0 Å². The summed E-state index contributed by atoms with van der Waals surface area (Å²) >= 11 is 14.5. The molecule has 0 radical (unpaired) electrons. The summed E-state index contributed by atoms with van der Waals surface area (Å²) in [7, 11) is -3.42. The molecule has 3 heterocycles. The van der Waals surface area contributed by atoms with E-state index in [0.29, 0.717) is 30.4 Å². The molecule has 6 nitrogen and oxygen atoms in total. The van der Waals surface area contributed by atoms with Crippen LogP contribution in [0.4, 0.5) is 0 Å². The average molecular weight is 470 g/mol. The number of hydrogen-bond donors (Lipinski definition) is 0. The predicted molar refractivity (Wildman–Crippen MR) is 109 cm³/mol. The number of pyridine rings is 1. The van der Waals surface area contributed by atoms with Crippen LogP contribution >= 0.6 is 46.3 Å². The molecule has 1 aliphatic heterocycles. The highest BCUT2D eigenvalue weighted by atomic mass is 35.5. The van der Waals surface area contributed by atoms with Crippen molar-refractivity contribution in [3.8, 4) is 0 Å². The molecule has 0 fully saturated rings. The van der Waals surface area contributed by atoms with Gasteiger partial charge in [-0.3, -0.25) is 9.78 Å². The maximum atomic E-state index is 12.5. The first-order valence-electron chi connectivity index (χ1n) is 7.73. The molecule has 0 atom stereocenters. The Labute approximate surface area is 178 Å². The maximum Gasteiger partial charge on any atom is 0.200 e. The van der Waals surface area contributed by atoms with E-state index in [-0.39, 0.29) is 22.1 Å². The molecule has 0 N–H and O–H groups in total. The normalized spacial score (nSPS) is 14.2. The zero-order valence-electron chi connectivity index (χ0n) is 13.8. The van der Waals surface area contributed by atoms with Gasteiger partial charge in [0, 0.05) is 24.2 Å². The number of carbonyl (C=O) groups excluding carboxylic acids is 1. The Bertz CT molecular complexity index is 1220. The summed E-state index contributed by atoms with van der Waals surface area (Å²) in [5.74, 6) is -0.250. The first-order valence-corrected chi connectivity index (χ1v) is 11.7. The minimum atomic E-state index is -3.42. The number of carbonyl (C=O) groups is 1. The van der Waals surface area contributed by atoms with E-state index in [2.05, 4.69) is 15.2 Å². The topological polar surface area (TPSA) is 89.9 Å². The largest absolute Gasteiger partial charge is 0.291 e. The number of hydrogen-bond acceptors (Lipinski definition) is 8. The van der Waals surface area contributed by atoms with Crippen LogP contribution < -0.4 is 0 Å². The third kappa shape index (κ3) is 3.85. The van der Waals surface area contributed by atoms with E-state index in [0.717, 1.165) is 16.7 Å². The van der Waals surface area contributed by atoms with Crippen LogP contribution in [0, 0.1) is 0 Å². The second kappa shape index (κ2) is 7.57. The number of Topliss-reactive ketones (excluding diaryl/α,β-unsaturated/α-hetero) is 1. The van der Waals surface area contributed by atoms with Gasteiger partial charge in [0.15, 0.2) is 25.0 Å². The molecule has 0 spiro atoms. The van der Waals surface area contributed by atoms with E-state index in [1.54, 1.807) is 18.2 Å². The molecule has 1 aromatic carbocycles. The van der Waals surface area contributed by atoms with E-state index in [1.807, 2.05) is 0 Å². The highest BCUT2D eigenvalue weighted by Gasteiger charge is 2.22. The lowest BCUT2D eigenvalue weighted by Crippen LogP contribution is -2.04. The summed E-state index contributed by atoms with van der Waals surface area (Å²) in [6.07, 6.45) is 4.51. The van der Waals surface area contributed by atoms with Crippen molar-refractivity contribution in [1.82, 2.24) is 15.2 Å². The summed E-state index contributed by atoms with van der Waals surface area (Å²) < 4.78 is 24.5. The molecule has 3 aromatic rings. The zero-order valence-corrected chi connectivity index (χ0v) is 17.8. The first-order chi connectivity index (χ1) is 13.3. The molecule has 2 aromatic heterocycles. The Hall–Kier alpha value is -1.78. The van der Waals surface area contributed by atoms with Gasteiger partial charge in [0.25, 0.3) is 0 Å². The van der Waals surface area contributed by atoms with Gasteiger partial charge in [-0.1, -0.05) is 58.4 Å². The predicted octanol–water partition coefficient (Wildman–Crippen LogP) is 4.57. The summed E-state index contributed by atoms with van der Waals surface area (Å²) in [5, 5.41) is 10.1. The number of halogens is 2. The lowest BCUT2D eigenvalue weighted by atomic mass is 10.1. The number of ketones is 1. The van der Waals surface area contributed by atoms with Crippen molar-refractivity contribution in [1.29, 1.82) is 0 Å². The second-order valence-electron chi connectivity index (χ2n) is 5.73. The highest BCUT2D eigenvalue weighted by Crippen LogP contribution is 2.39. The third-order valence-corrected chi connectivity index (χ3v) is 8.24. The van der Waals surface area contributed by atoms with Gasteiger partial charge in [0.1, 0.15) is 0 Å². The molecule has 0 aliphatic carbocycles. The molecule has 0 bridgehead atoms. The van der Waals surface area contributed by atoms with Gasteiger partial charge >= 0.3 is 0 Å². The molecular weight excluding hydrogens is 461 g/mol. The molecule has 0 unspecified atom stereocenters. The minimum Gasteiger partial charge on any atom is -0.291 e. The Kier molecular flexibility index (Phi) is 5.28. The van der Waals surface area contributed by atoms with E-state index in [1.165, 1.54) is 30.2 Å². The summed E-state index contributed by atoms with van der Waals surface area (Å²) in [5.41, 5.74) is 1.22. The molecule has 11 heteroatoms. The summed E-state index contributed by atoms with van der Waals surface area (Å²) in [6, 6.07) is 4.94. The number of sulfone groups is 1. The molecule has 0 saturated carbocycles. The monoisotopic (exact) mass is 469 g/mol. The van der Waals surface area contributed by atoms with Crippen molar-refractivity contribution in [2.45, 2.75) is 20.6 Å². The first kappa shape index (κ1) is 19.5. The molecule has 142 valence electrons. The van der Waals surface area contributed by atoms with Crippen molar-refractivity contribution < 1.29 is 13.2 Å². The fourth-order valence-corrected chi connectivity index (χ4v) is 6.09. The SMILES string of the molecule is O=C(Cc1ccc2c(c1)S(=O)(=O)C=C2)c1nnc(Sc2c(Cl)cncc2Cl)s1. The zero-order chi connectivity index (χ0) is 19.9. The van der Waals surface area contributed by atoms with Gasteiger partial charge in [-0.05, 0) is 23.3 Å². The van der Waals surface area contributed by atoms with Crippen LogP contribution in [0.1, 0.15) is 20.9 Å². The minimum absolute atomic E-state index is 0.0267. The van der Waals surface area contributed by atoms with E-state index in [9.17, 15) is 13.2 Å². The fraction of sp³-hybridized carbons (Fsp3) is 0.0588. The number of rotatable bonds is 5. The second-order valence-corrected chi connectivity index (χ2v) is 10.6. The van der Waals surface area contributed by atoms with Crippen molar-refractivity contribution in [2.75, 3.05) is 0 Å². The van der Waals surface area contributed by atoms with Gasteiger partial charge < -0.3 is 0 Å². The average Bonchev–Trinajstić information content (AvgIpc) is 3.23. The molecular formula is C17H9Cl2N3O3S3. The van der Waals surface area contributed by atoms with Crippen LogP contribution in [0.2, 0.25) is 10.0 Å². The van der Waals surface area contributed by atoms with E-state index < -0.39 is 9.84 Å². The lowest BCUT2D eigenvalue weighted by Gasteiger charge is -2.03. The third-order valence-electron chi connectivity index (χ3n) is 3.82. The molecule has 0 amide bonds. The highest BCUT2D eigenvalue weighted by molar-refractivity contribution is 8.01. The quantitative estimate of drug-likeness (QED) is 0.505. The van der Waals surface area contributed by atoms with Gasteiger partial charge in [-0.25, -0.2) is 8.42 Å². The smallest absolute Gasteiger partial charge is 0.200 e. The number of benzene rings is 1. The molecule has 28 heavy (non-hydrogen) atoms. The Morgan fingerprint density at radius 2 is 1.89 bits per heavy atom. The van der Waals surface area contributed by atoms with Crippen LogP contribution in [0.3, 0.4) is 0 Å². The van der Waals surface area contributed by atoms with Crippen LogP contribution in [0.5, 0.6) is 0 Å². The molecule has 0 saturated heterocycles. The molecule has 4 rings (SSSR count). The summed E-state index contributed by atoms with van der Waals surface area (Å²) in [4.78, 5) is 17.2. The molecule has 1 aliphatic rings. The Morgan fingerprint density at radius 3 is 2.64 bits per heavy atom. The maximum absolute atomic E-state index is 12.5. The van der Waals surface area contributed by atoms with Crippen LogP contribution in [0.15, 0.2) is 50.1 Å². The Morgan fingerprint density at radius 1 is 1.14 bits per heavy atom.